The van der Waals surface area contributed by atoms with Crippen LogP contribution < -0.4 is 5.32 Å². The molecular weight excluding hydrogens is 302 g/mol. The van der Waals surface area contributed by atoms with E-state index in [2.05, 4.69) is 45.1 Å². The summed E-state index contributed by atoms with van der Waals surface area (Å²) in [5, 5.41) is 3.33. The molecule has 0 aliphatic carbocycles. The molecule has 0 radical (unpaired) electrons. The van der Waals surface area contributed by atoms with Crippen LogP contribution in [0, 0.1) is 0 Å². The van der Waals surface area contributed by atoms with E-state index < -0.39 is 0 Å². The van der Waals surface area contributed by atoms with E-state index in [0.717, 1.165) is 46.8 Å². The molecule has 0 amide bonds. The maximum absolute atomic E-state index is 4.61. The van der Waals surface area contributed by atoms with E-state index >= 15 is 0 Å². The highest BCUT2D eigenvalue weighted by molar-refractivity contribution is 9.10. The molecule has 4 heteroatoms. The third kappa shape index (κ3) is 3.53. The molecule has 1 N–H and O–H groups in total. The lowest BCUT2D eigenvalue weighted by molar-refractivity contribution is 0.951. The van der Waals surface area contributed by atoms with E-state index in [1.54, 1.807) is 0 Å². The van der Waals surface area contributed by atoms with Gasteiger partial charge in [-0.3, -0.25) is 0 Å². The lowest BCUT2D eigenvalue weighted by atomic mass is 10.2. The van der Waals surface area contributed by atoms with Crippen molar-refractivity contribution in [3.8, 4) is 11.4 Å². The lowest BCUT2D eigenvalue weighted by Gasteiger charge is -2.09. The molecule has 0 aliphatic rings. The van der Waals surface area contributed by atoms with Crippen LogP contribution in [0.5, 0.6) is 0 Å². The third-order valence-corrected chi connectivity index (χ3v) is 3.50. The first kappa shape index (κ1) is 14.0. The average molecular weight is 320 g/mol. The normalized spacial score (nSPS) is 10.5. The van der Waals surface area contributed by atoms with Gasteiger partial charge in [-0.25, -0.2) is 9.97 Å². The maximum Gasteiger partial charge on any atom is 0.162 e. The molecular formula is C15H18BrN3. The number of hydrogen-bond acceptors (Lipinski definition) is 3. The van der Waals surface area contributed by atoms with Crippen molar-refractivity contribution in [2.75, 3.05) is 11.9 Å². The van der Waals surface area contributed by atoms with Gasteiger partial charge in [0.25, 0.3) is 0 Å². The number of nitrogens with one attached hydrogen (secondary N) is 1. The van der Waals surface area contributed by atoms with Gasteiger partial charge in [-0.05, 0) is 18.9 Å². The van der Waals surface area contributed by atoms with Crippen LogP contribution in [0.25, 0.3) is 11.4 Å². The predicted molar refractivity (Wildman–Crippen MR) is 83.3 cm³/mol. The molecule has 0 aliphatic heterocycles. The zero-order valence-electron chi connectivity index (χ0n) is 11.3. The van der Waals surface area contributed by atoms with Crippen LogP contribution in [0.1, 0.15) is 26.0 Å². The van der Waals surface area contributed by atoms with Gasteiger partial charge in [0.05, 0.1) is 0 Å². The maximum atomic E-state index is 4.61. The summed E-state index contributed by atoms with van der Waals surface area (Å²) in [5.74, 6) is 1.67. The van der Waals surface area contributed by atoms with Gasteiger partial charge >= 0.3 is 0 Å². The molecule has 1 aromatic heterocycles. The first-order valence-corrected chi connectivity index (χ1v) is 7.40. The molecule has 0 saturated carbocycles. The summed E-state index contributed by atoms with van der Waals surface area (Å²) >= 11 is 3.56. The number of aromatic nitrogens is 2. The van der Waals surface area contributed by atoms with Crippen molar-refractivity contribution in [3.05, 3.63) is 40.5 Å². The minimum atomic E-state index is 0.769. The summed E-state index contributed by atoms with van der Waals surface area (Å²) in [6, 6.07) is 10.1. The molecule has 3 nitrogen and oxygen atoms in total. The Morgan fingerprint density at radius 1 is 1.16 bits per heavy atom. The number of anilines is 1. The van der Waals surface area contributed by atoms with Gasteiger partial charge in [0.1, 0.15) is 5.82 Å². The summed E-state index contributed by atoms with van der Waals surface area (Å²) in [6.07, 6.45) is 1.98. The summed E-state index contributed by atoms with van der Waals surface area (Å²) in [4.78, 5) is 9.21. The summed E-state index contributed by atoms with van der Waals surface area (Å²) < 4.78 is 1.02. The van der Waals surface area contributed by atoms with E-state index in [9.17, 15) is 0 Å². The first-order valence-electron chi connectivity index (χ1n) is 6.61. The fraction of sp³-hybridized carbons (Fsp3) is 0.333. The molecule has 19 heavy (non-hydrogen) atoms. The molecule has 0 fully saturated rings. The Morgan fingerprint density at radius 2 is 1.95 bits per heavy atom. The molecule has 0 bridgehead atoms. The van der Waals surface area contributed by atoms with Gasteiger partial charge in [-0.15, -0.1) is 0 Å². The second-order valence-corrected chi connectivity index (χ2v) is 5.18. The van der Waals surface area contributed by atoms with Crippen molar-refractivity contribution in [2.24, 2.45) is 0 Å². The van der Waals surface area contributed by atoms with Gasteiger partial charge < -0.3 is 5.32 Å². The number of halogens is 1. The SMILES string of the molecule is CCCNc1cc(CC)nc(-c2ccccc2Br)n1. The second kappa shape index (κ2) is 6.66. The van der Waals surface area contributed by atoms with Gasteiger partial charge in [0, 0.05) is 28.3 Å². The van der Waals surface area contributed by atoms with Crippen LogP contribution in [0.15, 0.2) is 34.8 Å². The Hall–Kier alpha value is -1.42. The highest BCUT2D eigenvalue weighted by Gasteiger charge is 2.08. The Bertz CT molecular complexity index is 555. The lowest BCUT2D eigenvalue weighted by Crippen LogP contribution is -2.05. The van der Waals surface area contributed by atoms with Gasteiger partial charge in [-0.1, -0.05) is 48.0 Å². The van der Waals surface area contributed by atoms with E-state index in [0.29, 0.717) is 0 Å². The van der Waals surface area contributed by atoms with Crippen molar-refractivity contribution < 1.29 is 0 Å². The Labute approximate surface area is 122 Å². The molecule has 2 rings (SSSR count). The number of rotatable bonds is 5. The molecule has 1 heterocycles. The van der Waals surface area contributed by atoms with Crippen LogP contribution in [0.2, 0.25) is 0 Å². The molecule has 100 valence electrons. The number of aryl methyl sites for hydroxylation is 1. The van der Waals surface area contributed by atoms with E-state index in [1.165, 1.54) is 0 Å². The van der Waals surface area contributed by atoms with Crippen molar-refractivity contribution in [3.63, 3.8) is 0 Å². The molecule has 0 spiro atoms. The highest BCUT2D eigenvalue weighted by atomic mass is 79.9. The minimum Gasteiger partial charge on any atom is -0.370 e. The smallest absolute Gasteiger partial charge is 0.162 e. The van der Waals surface area contributed by atoms with E-state index in [-0.39, 0.29) is 0 Å². The van der Waals surface area contributed by atoms with Crippen molar-refractivity contribution in [1.29, 1.82) is 0 Å². The minimum absolute atomic E-state index is 0.769. The Balaban J connectivity index is 2.42. The molecule has 2 aromatic rings. The van der Waals surface area contributed by atoms with Crippen LogP contribution in [0.3, 0.4) is 0 Å². The van der Waals surface area contributed by atoms with Gasteiger partial charge in [-0.2, -0.15) is 0 Å². The van der Waals surface area contributed by atoms with Crippen LogP contribution in [0.4, 0.5) is 5.82 Å². The van der Waals surface area contributed by atoms with Crippen molar-refractivity contribution in [2.45, 2.75) is 26.7 Å². The Kier molecular flexibility index (Phi) is 4.91. The second-order valence-electron chi connectivity index (χ2n) is 4.33. The molecule has 0 unspecified atom stereocenters. The predicted octanol–water partition coefficient (Wildman–Crippen LogP) is 4.29. The topological polar surface area (TPSA) is 37.8 Å². The molecule has 0 atom stereocenters. The number of benzene rings is 1. The summed E-state index contributed by atoms with van der Waals surface area (Å²) in [5.41, 5.74) is 2.08. The third-order valence-electron chi connectivity index (χ3n) is 2.81. The quantitative estimate of drug-likeness (QED) is 0.893. The van der Waals surface area contributed by atoms with Crippen molar-refractivity contribution >= 4 is 21.7 Å². The largest absolute Gasteiger partial charge is 0.370 e. The molecule has 0 saturated heterocycles. The van der Waals surface area contributed by atoms with Crippen molar-refractivity contribution in [1.82, 2.24) is 9.97 Å². The zero-order valence-corrected chi connectivity index (χ0v) is 12.9. The number of hydrogen-bond donors (Lipinski definition) is 1. The monoisotopic (exact) mass is 319 g/mol. The van der Waals surface area contributed by atoms with Gasteiger partial charge in [0.15, 0.2) is 5.82 Å². The zero-order chi connectivity index (χ0) is 13.7. The summed E-state index contributed by atoms with van der Waals surface area (Å²) in [6.45, 7) is 5.18. The average Bonchev–Trinajstić information content (AvgIpc) is 2.45. The standard InChI is InChI=1S/C15H18BrN3/c1-3-9-17-14-10-11(4-2)18-15(19-14)12-7-5-6-8-13(12)16/h5-8,10H,3-4,9H2,1-2H3,(H,17,18,19). The van der Waals surface area contributed by atoms with Crippen LogP contribution in [-0.4, -0.2) is 16.5 Å². The highest BCUT2D eigenvalue weighted by Crippen LogP contribution is 2.26. The van der Waals surface area contributed by atoms with Crippen LogP contribution in [-0.2, 0) is 6.42 Å². The fourth-order valence-electron chi connectivity index (χ4n) is 1.79. The Morgan fingerprint density at radius 3 is 2.63 bits per heavy atom. The molecule has 1 aromatic carbocycles. The van der Waals surface area contributed by atoms with Crippen LogP contribution >= 0.6 is 15.9 Å². The van der Waals surface area contributed by atoms with E-state index in [4.69, 9.17) is 0 Å². The number of nitrogens with zero attached hydrogens (tertiary/aromatic N) is 2. The van der Waals surface area contributed by atoms with E-state index in [1.807, 2.05) is 30.3 Å². The fourth-order valence-corrected chi connectivity index (χ4v) is 2.25. The first-order chi connectivity index (χ1) is 9.24. The summed E-state index contributed by atoms with van der Waals surface area (Å²) in [7, 11) is 0. The van der Waals surface area contributed by atoms with Gasteiger partial charge in [0.2, 0.25) is 0 Å².